The maximum absolute atomic E-state index is 11.7. The molecule has 0 bridgehead atoms. The van der Waals surface area contributed by atoms with E-state index in [0.29, 0.717) is 30.4 Å². The second-order valence-electron chi connectivity index (χ2n) is 3.86. The van der Waals surface area contributed by atoms with E-state index < -0.39 is 5.92 Å². The highest BCUT2D eigenvalue weighted by molar-refractivity contribution is 5.95. The van der Waals surface area contributed by atoms with E-state index in [4.69, 9.17) is 14.7 Å². The van der Waals surface area contributed by atoms with Crippen LogP contribution in [0.25, 0.3) is 0 Å². The summed E-state index contributed by atoms with van der Waals surface area (Å²) in [7, 11) is 0. The third-order valence-electron chi connectivity index (χ3n) is 2.41. The molecule has 1 aromatic carbocycles. The normalized spacial score (nSPS) is 11.3. The fourth-order valence-corrected chi connectivity index (χ4v) is 1.44. The van der Waals surface area contributed by atoms with Gasteiger partial charge in [-0.05, 0) is 32.9 Å². The van der Waals surface area contributed by atoms with Crippen molar-refractivity contribution in [3.8, 4) is 17.6 Å². The average molecular weight is 262 g/mol. The molecule has 0 aliphatic rings. The number of amides is 1. The maximum atomic E-state index is 11.7. The van der Waals surface area contributed by atoms with Gasteiger partial charge in [0.2, 0.25) is 5.91 Å². The van der Waals surface area contributed by atoms with Crippen LogP contribution in [0.3, 0.4) is 0 Å². The van der Waals surface area contributed by atoms with E-state index >= 15 is 0 Å². The first-order chi connectivity index (χ1) is 9.12. The molecule has 0 saturated heterocycles. The largest absolute Gasteiger partial charge is 0.494 e. The monoisotopic (exact) mass is 262 g/mol. The minimum Gasteiger partial charge on any atom is -0.494 e. The van der Waals surface area contributed by atoms with E-state index in [9.17, 15) is 4.79 Å². The summed E-state index contributed by atoms with van der Waals surface area (Å²) in [4.78, 5) is 11.7. The number of nitrogens with zero attached hydrogens (tertiary/aromatic N) is 1. The molecular weight excluding hydrogens is 244 g/mol. The van der Waals surface area contributed by atoms with Gasteiger partial charge in [-0.3, -0.25) is 4.79 Å². The molecule has 0 aromatic heterocycles. The lowest BCUT2D eigenvalue weighted by molar-refractivity contribution is -0.117. The highest BCUT2D eigenvalue weighted by Crippen LogP contribution is 2.29. The number of nitrogens with one attached hydrogen (secondary N) is 1. The first-order valence-corrected chi connectivity index (χ1v) is 6.22. The van der Waals surface area contributed by atoms with Gasteiger partial charge in [0.1, 0.15) is 17.4 Å². The number of carbonyl (C=O) groups excluding carboxylic acids is 1. The molecule has 0 heterocycles. The van der Waals surface area contributed by atoms with Gasteiger partial charge in [-0.25, -0.2) is 0 Å². The van der Waals surface area contributed by atoms with Crippen molar-refractivity contribution in [2.75, 3.05) is 18.5 Å². The molecule has 102 valence electrons. The van der Waals surface area contributed by atoms with Crippen molar-refractivity contribution < 1.29 is 14.3 Å². The number of hydrogen-bond acceptors (Lipinski definition) is 4. The molecule has 19 heavy (non-hydrogen) atoms. The van der Waals surface area contributed by atoms with Gasteiger partial charge in [0.15, 0.2) is 0 Å². The van der Waals surface area contributed by atoms with Gasteiger partial charge in [-0.1, -0.05) is 0 Å². The Hall–Kier alpha value is -2.22. The summed E-state index contributed by atoms with van der Waals surface area (Å²) < 4.78 is 10.8. The second-order valence-corrected chi connectivity index (χ2v) is 3.86. The predicted molar refractivity (Wildman–Crippen MR) is 72.2 cm³/mol. The van der Waals surface area contributed by atoms with Crippen LogP contribution in [0.4, 0.5) is 5.69 Å². The van der Waals surface area contributed by atoms with E-state index in [0.717, 1.165) is 0 Å². The van der Waals surface area contributed by atoms with E-state index in [1.165, 1.54) is 0 Å². The number of rotatable bonds is 6. The Bertz CT molecular complexity index is 480. The summed E-state index contributed by atoms with van der Waals surface area (Å²) in [5.74, 6) is 0.123. The van der Waals surface area contributed by atoms with Gasteiger partial charge in [0, 0.05) is 6.07 Å². The Balaban J connectivity index is 2.97. The Morgan fingerprint density at radius 3 is 2.63 bits per heavy atom. The Kier molecular flexibility index (Phi) is 5.68. The zero-order valence-corrected chi connectivity index (χ0v) is 11.4. The van der Waals surface area contributed by atoms with E-state index in [2.05, 4.69) is 5.32 Å². The van der Waals surface area contributed by atoms with Gasteiger partial charge >= 0.3 is 0 Å². The third-order valence-corrected chi connectivity index (χ3v) is 2.41. The molecule has 0 aliphatic heterocycles. The molecule has 1 atom stereocenters. The lowest BCUT2D eigenvalue weighted by Gasteiger charge is -2.14. The minimum absolute atomic E-state index is 0.364. The Morgan fingerprint density at radius 2 is 2.05 bits per heavy atom. The number of nitriles is 1. The van der Waals surface area contributed by atoms with E-state index in [1.807, 2.05) is 19.9 Å². The summed E-state index contributed by atoms with van der Waals surface area (Å²) in [5.41, 5.74) is 0.514. The fourth-order valence-electron chi connectivity index (χ4n) is 1.44. The highest BCUT2D eigenvalue weighted by Gasteiger charge is 2.15. The fraction of sp³-hybridized carbons (Fsp3) is 0.429. The van der Waals surface area contributed by atoms with Crippen LogP contribution in [0, 0.1) is 17.2 Å². The van der Waals surface area contributed by atoms with Crippen LogP contribution >= 0.6 is 0 Å². The first kappa shape index (κ1) is 14.8. The van der Waals surface area contributed by atoms with Crippen molar-refractivity contribution in [3.05, 3.63) is 18.2 Å². The molecule has 0 spiro atoms. The number of anilines is 1. The maximum Gasteiger partial charge on any atom is 0.241 e. The molecule has 1 amide bonds. The topological polar surface area (TPSA) is 71.3 Å². The molecule has 0 aliphatic carbocycles. The summed E-state index contributed by atoms with van der Waals surface area (Å²) in [5, 5.41) is 11.4. The SMILES string of the molecule is CCOc1ccc(OCC)c(NC(=O)C(C)C#N)c1. The molecule has 1 unspecified atom stereocenters. The van der Waals surface area contributed by atoms with Crippen LogP contribution < -0.4 is 14.8 Å². The Labute approximate surface area is 113 Å². The lowest BCUT2D eigenvalue weighted by atomic mass is 10.2. The van der Waals surface area contributed by atoms with Crippen LogP contribution in [0.5, 0.6) is 11.5 Å². The molecule has 1 aromatic rings. The first-order valence-electron chi connectivity index (χ1n) is 6.22. The number of hydrogen-bond donors (Lipinski definition) is 1. The van der Waals surface area contributed by atoms with Gasteiger partial charge < -0.3 is 14.8 Å². The van der Waals surface area contributed by atoms with Gasteiger partial charge in [-0.2, -0.15) is 5.26 Å². The molecule has 5 heteroatoms. The standard InChI is InChI=1S/C14H18N2O3/c1-4-18-11-6-7-13(19-5-2)12(8-11)16-14(17)10(3)9-15/h6-8,10H,4-5H2,1-3H3,(H,16,17). The van der Waals surface area contributed by atoms with Crippen LogP contribution in [-0.2, 0) is 4.79 Å². The van der Waals surface area contributed by atoms with Crippen molar-refractivity contribution in [1.82, 2.24) is 0 Å². The zero-order valence-electron chi connectivity index (χ0n) is 11.4. The minimum atomic E-state index is -0.717. The average Bonchev–Trinajstić information content (AvgIpc) is 2.41. The van der Waals surface area contributed by atoms with Crippen LogP contribution in [-0.4, -0.2) is 19.1 Å². The number of ether oxygens (including phenoxy) is 2. The van der Waals surface area contributed by atoms with Crippen molar-refractivity contribution in [1.29, 1.82) is 5.26 Å². The number of benzene rings is 1. The van der Waals surface area contributed by atoms with Gasteiger partial charge in [-0.15, -0.1) is 0 Å². The molecule has 0 radical (unpaired) electrons. The van der Waals surface area contributed by atoms with Crippen LogP contribution in [0.2, 0.25) is 0 Å². The summed E-state index contributed by atoms with van der Waals surface area (Å²) in [6.45, 7) is 6.31. The molecule has 5 nitrogen and oxygen atoms in total. The molecule has 0 fully saturated rings. The quantitative estimate of drug-likeness (QED) is 0.855. The zero-order chi connectivity index (χ0) is 14.3. The third kappa shape index (κ3) is 4.18. The van der Waals surface area contributed by atoms with Crippen LogP contribution in [0.1, 0.15) is 20.8 Å². The molecular formula is C14H18N2O3. The van der Waals surface area contributed by atoms with Gasteiger partial charge in [0.25, 0.3) is 0 Å². The smallest absolute Gasteiger partial charge is 0.241 e. The van der Waals surface area contributed by atoms with Crippen molar-refractivity contribution >= 4 is 11.6 Å². The molecule has 1 rings (SSSR count). The second kappa shape index (κ2) is 7.27. The van der Waals surface area contributed by atoms with E-state index in [-0.39, 0.29) is 5.91 Å². The summed E-state index contributed by atoms with van der Waals surface area (Å²) in [6, 6.07) is 7.10. The van der Waals surface area contributed by atoms with Crippen molar-refractivity contribution in [2.45, 2.75) is 20.8 Å². The van der Waals surface area contributed by atoms with E-state index in [1.54, 1.807) is 25.1 Å². The predicted octanol–water partition coefficient (Wildman–Crippen LogP) is 2.58. The molecule has 1 N–H and O–H groups in total. The van der Waals surface area contributed by atoms with Gasteiger partial charge in [0.05, 0.1) is 25.0 Å². The highest BCUT2D eigenvalue weighted by atomic mass is 16.5. The lowest BCUT2D eigenvalue weighted by Crippen LogP contribution is -2.19. The summed E-state index contributed by atoms with van der Waals surface area (Å²) in [6.07, 6.45) is 0. The van der Waals surface area contributed by atoms with Crippen molar-refractivity contribution in [3.63, 3.8) is 0 Å². The number of carbonyl (C=O) groups is 1. The summed E-state index contributed by atoms with van der Waals surface area (Å²) >= 11 is 0. The molecule has 0 saturated carbocycles. The Morgan fingerprint density at radius 1 is 1.37 bits per heavy atom. The van der Waals surface area contributed by atoms with Crippen LogP contribution in [0.15, 0.2) is 18.2 Å². The van der Waals surface area contributed by atoms with Crippen molar-refractivity contribution in [2.24, 2.45) is 5.92 Å².